The molecule has 0 bridgehead atoms. The molecule has 0 unspecified atom stereocenters. The molecule has 1 aromatic heterocycles. The van der Waals surface area contributed by atoms with Gasteiger partial charge in [0.2, 0.25) is 0 Å². The summed E-state index contributed by atoms with van der Waals surface area (Å²) in [6.45, 7) is 2.43. The number of hydrogen-bond donors (Lipinski definition) is 1. The average molecular weight is 350 g/mol. The van der Waals surface area contributed by atoms with Crippen LogP contribution in [0.4, 0.5) is 10.1 Å². The lowest BCUT2D eigenvalue weighted by molar-refractivity contribution is 0.531. The molecule has 5 heteroatoms. The maximum atomic E-state index is 13.1. The number of rotatable bonds is 4. The molecule has 0 radical (unpaired) electrons. The molecule has 23 heavy (non-hydrogen) atoms. The van der Waals surface area contributed by atoms with E-state index < -0.39 is 5.82 Å². The van der Waals surface area contributed by atoms with Crippen LogP contribution >= 0.6 is 23.2 Å². The third-order valence-electron chi connectivity index (χ3n) is 3.58. The van der Waals surface area contributed by atoms with Crippen molar-refractivity contribution < 1.29 is 8.81 Å². The first-order valence-electron chi connectivity index (χ1n) is 7.08. The Kier molecular flexibility index (Phi) is 4.60. The molecule has 0 fully saturated rings. The highest BCUT2D eigenvalue weighted by atomic mass is 35.5. The lowest BCUT2D eigenvalue weighted by Crippen LogP contribution is -1.98. The SMILES string of the molecule is Cc1c(Cl)cccc1-c1ccc(CNc2ccc(F)c(Cl)c2)o1. The highest BCUT2D eigenvalue weighted by Gasteiger charge is 2.09. The van der Waals surface area contributed by atoms with Gasteiger partial charge in [-0.3, -0.25) is 0 Å². The smallest absolute Gasteiger partial charge is 0.141 e. The summed E-state index contributed by atoms with van der Waals surface area (Å²) in [6, 6.07) is 14.0. The second-order valence-electron chi connectivity index (χ2n) is 5.16. The van der Waals surface area contributed by atoms with Crippen LogP contribution in [0.5, 0.6) is 0 Å². The largest absolute Gasteiger partial charge is 0.459 e. The van der Waals surface area contributed by atoms with Gasteiger partial charge < -0.3 is 9.73 Å². The van der Waals surface area contributed by atoms with Gasteiger partial charge in [-0.05, 0) is 48.9 Å². The van der Waals surface area contributed by atoms with Crippen molar-refractivity contribution in [1.29, 1.82) is 0 Å². The van der Waals surface area contributed by atoms with E-state index in [-0.39, 0.29) is 5.02 Å². The van der Waals surface area contributed by atoms with Crippen molar-refractivity contribution in [2.45, 2.75) is 13.5 Å². The predicted molar refractivity (Wildman–Crippen MR) is 92.6 cm³/mol. The quantitative estimate of drug-likeness (QED) is 0.596. The minimum absolute atomic E-state index is 0.0877. The van der Waals surface area contributed by atoms with Crippen molar-refractivity contribution >= 4 is 28.9 Å². The van der Waals surface area contributed by atoms with Crippen LogP contribution in [0.3, 0.4) is 0 Å². The van der Waals surface area contributed by atoms with Crippen LogP contribution in [0.25, 0.3) is 11.3 Å². The maximum Gasteiger partial charge on any atom is 0.141 e. The molecule has 0 saturated carbocycles. The summed E-state index contributed by atoms with van der Waals surface area (Å²) >= 11 is 11.9. The molecule has 0 aliphatic rings. The molecule has 0 spiro atoms. The van der Waals surface area contributed by atoms with Gasteiger partial charge in [-0.1, -0.05) is 35.3 Å². The Labute approximate surface area is 143 Å². The summed E-state index contributed by atoms with van der Waals surface area (Å²) in [7, 11) is 0. The van der Waals surface area contributed by atoms with E-state index in [1.165, 1.54) is 6.07 Å². The van der Waals surface area contributed by atoms with E-state index in [9.17, 15) is 4.39 Å². The zero-order valence-electron chi connectivity index (χ0n) is 12.4. The molecule has 0 aliphatic carbocycles. The number of furan rings is 1. The Balaban J connectivity index is 1.74. The standard InChI is InChI=1S/C18H14Cl2FNO/c1-11-14(3-2-4-15(11)19)18-8-6-13(23-18)10-22-12-5-7-17(21)16(20)9-12/h2-9,22H,10H2,1H3. The molecule has 118 valence electrons. The number of hydrogen-bond acceptors (Lipinski definition) is 2. The normalized spacial score (nSPS) is 10.8. The first-order valence-corrected chi connectivity index (χ1v) is 7.83. The molecule has 0 amide bonds. The van der Waals surface area contributed by atoms with Gasteiger partial charge in [0, 0.05) is 16.3 Å². The molecular weight excluding hydrogens is 336 g/mol. The monoisotopic (exact) mass is 349 g/mol. The Morgan fingerprint density at radius 3 is 2.65 bits per heavy atom. The van der Waals surface area contributed by atoms with Gasteiger partial charge in [-0.2, -0.15) is 0 Å². The van der Waals surface area contributed by atoms with Crippen LogP contribution in [0.2, 0.25) is 10.0 Å². The Morgan fingerprint density at radius 1 is 1.04 bits per heavy atom. The molecule has 0 aliphatic heterocycles. The minimum Gasteiger partial charge on any atom is -0.459 e. The van der Waals surface area contributed by atoms with Crippen LogP contribution in [0, 0.1) is 12.7 Å². The number of benzene rings is 2. The summed E-state index contributed by atoms with van der Waals surface area (Å²) in [5.74, 6) is 1.09. The van der Waals surface area contributed by atoms with Gasteiger partial charge in [-0.15, -0.1) is 0 Å². The van der Waals surface area contributed by atoms with Gasteiger partial charge >= 0.3 is 0 Å². The Hall–Kier alpha value is -1.97. The third kappa shape index (κ3) is 3.52. The fourth-order valence-corrected chi connectivity index (χ4v) is 2.64. The number of halogens is 3. The van der Waals surface area contributed by atoms with Crippen molar-refractivity contribution in [2.75, 3.05) is 5.32 Å². The second kappa shape index (κ2) is 6.65. The van der Waals surface area contributed by atoms with E-state index in [1.807, 2.05) is 37.3 Å². The molecular formula is C18H14Cl2FNO. The van der Waals surface area contributed by atoms with Crippen molar-refractivity contribution in [2.24, 2.45) is 0 Å². The van der Waals surface area contributed by atoms with Gasteiger partial charge in [0.05, 0.1) is 11.6 Å². The van der Waals surface area contributed by atoms with Crippen molar-refractivity contribution in [1.82, 2.24) is 0 Å². The van der Waals surface area contributed by atoms with Crippen LogP contribution in [-0.4, -0.2) is 0 Å². The average Bonchev–Trinajstić information content (AvgIpc) is 3.00. The van der Waals surface area contributed by atoms with E-state index in [0.717, 1.165) is 28.3 Å². The Morgan fingerprint density at radius 2 is 1.87 bits per heavy atom. The second-order valence-corrected chi connectivity index (χ2v) is 5.98. The zero-order chi connectivity index (χ0) is 16.4. The molecule has 2 nitrogen and oxygen atoms in total. The van der Waals surface area contributed by atoms with Crippen LogP contribution in [0.1, 0.15) is 11.3 Å². The molecule has 0 saturated heterocycles. The van der Waals surface area contributed by atoms with Crippen LogP contribution < -0.4 is 5.32 Å². The van der Waals surface area contributed by atoms with Crippen LogP contribution in [-0.2, 0) is 6.54 Å². The van der Waals surface area contributed by atoms with Crippen molar-refractivity contribution in [3.8, 4) is 11.3 Å². The molecule has 2 aromatic carbocycles. The molecule has 3 rings (SSSR count). The fourth-order valence-electron chi connectivity index (χ4n) is 2.29. The summed E-state index contributed by atoms with van der Waals surface area (Å²) in [6.07, 6.45) is 0. The first-order chi connectivity index (χ1) is 11.0. The van der Waals surface area contributed by atoms with E-state index in [2.05, 4.69) is 5.32 Å². The summed E-state index contributed by atoms with van der Waals surface area (Å²) in [4.78, 5) is 0. The van der Waals surface area contributed by atoms with E-state index in [1.54, 1.807) is 12.1 Å². The highest BCUT2D eigenvalue weighted by Crippen LogP contribution is 2.30. The zero-order valence-corrected chi connectivity index (χ0v) is 13.9. The third-order valence-corrected chi connectivity index (χ3v) is 4.28. The lowest BCUT2D eigenvalue weighted by Gasteiger charge is -2.06. The summed E-state index contributed by atoms with van der Waals surface area (Å²) in [5.41, 5.74) is 2.68. The van der Waals surface area contributed by atoms with Gasteiger partial charge in [-0.25, -0.2) is 4.39 Å². The predicted octanol–water partition coefficient (Wildman–Crippen LogP) is 6.31. The fraction of sp³-hybridized carbons (Fsp3) is 0.111. The first kappa shape index (κ1) is 15.9. The van der Waals surface area contributed by atoms with Crippen LogP contribution in [0.15, 0.2) is 52.9 Å². The van der Waals surface area contributed by atoms with Gasteiger partial charge in [0.15, 0.2) is 0 Å². The molecule has 1 heterocycles. The van der Waals surface area contributed by atoms with E-state index >= 15 is 0 Å². The summed E-state index contributed by atoms with van der Waals surface area (Å²) in [5, 5.41) is 3.94. The van der Waals surface area contributed by atoms with Gasteiger partial charge in [0.1, 0.15) is 17.3 Å². The van der Waals surface area contributed by atoms with Crippen molar-refractivity contribution in [3.05, 3.63) is 75.7 Å². The van der Waals surface area contributed by atoms with E-state index in [4.69, 9.17) is 27.6 Å². The molecule has 1 N–H and O–H groups in total. The molecule has 3 aromatic rings. The van der Waals surface area contributed by atoms with Gasteiger partial charge in [0.25, 0.3) is 0 Å². The highest BCUT2D eigenvalue weighted by molar-refractivity contribution is 6.31. The Bertz CT molecular complexity index is 845. The summed E-state index contributed by atoms with van der Waals surface area (Å²) < 4.78 is 19.0. The van der Waals surface area contributed by atoms with E-state index in [0.29, 0.717) is 11.6 Å². The number of nitrogens with one attached hydrogen (secondary N) is 1. The topological polar surface area (TPSA) is 25.2 Å². The maximum absolute atomic E-state index is 13.1. The van der Waals surface area contributed by atoms with Crippen molar-refractivity contribution in [3.63, 3.8) is 0 Å². The minimum atomic E-state index is -0.436. The molecule has 0 atom stereocenters. The number of anilines is 1. The lowest BCUT2D eigenvalue weighted by atomic mass is 10.1.